The minimum atomic E-state index is -3.57. The highest BCUT2D eigenvalue weighted by atomic mass is 32.2. The zero-order valence-corrected chi connectivity index (χ0v) is 15.2. The van der Waals surface area contributed by atoms with Gasteiger partial charge in [0.25, 0.3) is 10.0 Å². The number of sulfonamides is 1. The first-order valence-corrected chi connectivity index (χ1v) is 9.66. The van der Waals surface area contributed by atoms with Gasteiger partial charge in [-0.15, -0.1) is 5.10 Å². The maximum Gasteiger partial charge on any atom is 0.262 e. The third kappa shape index (κ3) is 3.01. The lowest BCUT2D eigenvalue weighted by Crippen LogP contribution is -2.50. The molecule has 11 nitrogen and oxygen atoms in total. The molecular weight excluding hydrogens is 358 g/mol. The first kappa shape index (κ1) is 16.8. The molecule has 0 spiro atoms. The summed E-state index contributed by atoms with van der Waals surface area (Å²) < 4.78 is 30.1. The molecule has 3 aromatic heterocycles. The summed E-state index contributed by atoms with van der Waals surface area (Å²) in [5.74, 6) is 0. The largest absolute Gasteiger partial charge is 0.334 e. The van der Waals surface area contributed by atoms with Crippen molar-refractivity contribution < 1.29 is 8.42 Å². The van der Waals surface area contributed by atoms with Crippen molar-refractivity contribution in [3.63, 3.8) is 0 Å². The van der Waals surface area contributed by atoms with Crippen LogP contribution < -0.4 is 0 Å². The Balaban J connectivity index is 1.41. The topological polar surface area (TPSA) is 117 Å². The van der Waals surface area contributed by atoms with Gasteiger partial charge in [0.05, 0.1) is 31.0 Å². The van der Waals surface area contributed by atoms with Crippen LogP contribution in [0.2, 0.25) is 0 Å². The summed E-state index contributed by atoms with van der Waals surface area (Å²) >= 11 is 0. The number of nitrogens with zero attached hydrogens (tertiary/aromatic N) is 9. The van der Waals surface area contributed by atoms with Crippen LogP contribution in [-0.4, -0.2) is 65.4 Å². The number of imidazole rings is 1. The smallest absolute Gasteiger partial charge is 0.262 e. The SMILES string of the molecule is CC(C)n1cnc(S(=O)(=O)N2CC(n3cc(Cn4nccn4)nn3)C2)c1. The van der Waals surface area contributed by atoms with Gasteiger partial charge in [0.1, 0.15) is 12.2 Å². The van der Waals surface area contributed by atoms with E-state index in [1.807, 2.05) is 13.8 Å². The van der Waals surface area contributed by atoms with Crippen molar-refractivity contribution in [3.05, 3.63) is 36.8 Å². The number of hydrogen-bond donors (Lipinski definition) is 0. The molecule has 0 aliphatic carbocycles. The Hall–Kier alpha value is -2.60. The van der Waals surface area contributed by atoms with E-state index >= 15 is 0 Å². The Labute approximate surface area is 150 Å². The Morgan fingerprint density at radius 2 is 1.92 bits per heavy atom. The highest BCUT2D eigenvalue weighted by Gasteiger charge is 2.39. The summed E-state index contributed by atoms with van der Waals surface area (Å²) in [6.07, 6.45) is 8.10. The minimum Gasteiger partial charge on any atom is -0.334 e. The Morgan fingerprint density at radius 1 is 1.19 bits per heavy atom. The molecule has 12 heteroatoms. The third-order valence-corrected chi connectivity index (χ3v) is 6.03. The minimum absolute atomic E-state index is 0.0382. The van der Waals surface area contributed by atoms with Crippen LogP contribution in [0.3, 0.4) is 0 Å². The van der Waals surface area contributed by atoms with Crippen LogP contribution in [0.5, 0.6) is 0 Å². The van der Waals surface area contributed by atoms with Crippen molar-refractivity contribution in [1.29, 1.82) is 0 Å². The molecule has 0 aromatic carbocycles. The van der Waals surface area contributed by atoms with Crippen LogP contribution in [0.15, 0.2) is 36.1 Å². The molecular formula is C14H19N9O2S. The Bertz CT molecular complexity index is 983. The maximum absolute atomic E-state index is 12.6. The molecule has 0 saturated carbocycles. The van der Waals surface area contributed by atoms with Crippen LogP contribution in [0.25, 0.3) is 0 Å². The average molecular weight is 377 g/mol. The van der Waals surface area contributed by atoms with Crippen LogP contribution in [0.1, 0.15) is 31.6 Å². The molecule has 4 heterocycles. The highest BCUT2D eigenvalue weighted by molar-refractivity contribution is 7.89. The van der Waals surface area contributed by atoms with E-state index in [0.717, 1.165) is 5.69 Å². The van der Waals surface area contributed by atoms with Gasteiger partial charge in [-0.1, -0.05) is 5.21 Å². The number of hydrogen-bond acceptors (Lipinski definition) is 7. The molecule has 3 aromatic rings. The molecule has 0 bridgehead atoms. The standard InChI is InChI=1S/C14H19N9O2S/c1-11(2)20-9-14(15-10-20)26(24,25)21-7-13(8-21)22-5-12(18-19-22)6-23-16-3-4-17-23/h3-5,9-11,13H,6-8H2,1-2H3. The van der Waals surface area contributed by atoms with Crippen LogP contribution >= 0.6 is 0 Å². The van der Waals surface area contributed by atoms with Gasteiger partial charge in [-0.05, 0) is 13.8 Å². The third-order valence-electron chi connectivity index (χ3n) is 4.31. The molecule has 0 N–H and O–H groups in total. The zero-order valence-electron chi connectivity index (χ0n) is 14.4. The van der Waals surface area contributed by atoms with Gasteiger partial charge in [0.15, 0.2) is 5.03 Å². The van der Waals surface area contributed by atoms with Crippen molar-refractivity contribution in [3.8, 4) is 0 Å². The summed E-state index contributed by atoms with van der Waals surface area (Å²) in [5.41, 5.74) is 0.721. The van der Waals surface area contributed by atoms with Gasteiger partial charge in [-0.2, -0.15) is 19.3 Å². The monoisotopic (exact) mass is 377 g/mol. The molecule has 138 valence electrons. The maximum atomic E-state index is 12.6. The van der Waals surface area contributed by atoms with Crippen molar-refractivity contribution in [2.24, 2.45) is 0 Å². The predicted octanol–water partition coefficient (Wildman–Crippen LogP) is -0.0591. The van der Waals surface area contributed by atoms with E-state index in [9.17, 15) is 8.42 Å². The van der Waals surface area contributed by atoms with E-state index in [0.29, 0.717) is 19.6 Å². The van der Waals surface area contributed by atoms with E-state index in [1.54, 1.807) is 40.4 Å². The first-order chi connectivity index (χ1) is 12.4. The Morgan fingerprint density at radius 3 is 2.58 bits per heavy atom. The lowest BCUT2D eigenvalue weighted by Gasteiger charge is -2.37. The highest BCUT2D eigenvalue weighted by Crippen LogP contribution is 2.27. The van der Waals surface area contributed by atoms with Gasteiger partial charge in [-0.25, -0.2) is 18.1 Å². The molecule has 1 aliphatic rings. The molecule has 1 fully saturated rings. The van der Waals surface area contributed by atoms with E-state index in [2.05, 4.69) is 25.5 Å². The molecule has 0 amide bonds. The molecule has 0 atom stereocenters. The fourth-order valence-electron chi connectivity index (χ4n) is 2.68. The van der Waals surface area contributed by atoms with Gasteiger partial charge in [0.2, 0.25) is 0 Å². The molecule has 26 heavy (non-hydrogen) atoms. The second-order valence-electron chi connectivity index (χ2n) is 6.48. The molecule has 0 unspecified atom stereocenters. The lowest BCUT2D eigenvalue weighted by atomic mass is 10.2. The molecule has 0 radical (unpaired) electrons. The van der Waals surface area contributed by atoms with Crippen molar-refractivity contribution in [2.75, 3.05) is 13.1 Å². The lowest BCUT2D eigenvalue weighted by molar-refractivity contribution is 0.188. The molecule has 1 saturated heterocycles. The van der Waals surface area contributed by atoms with Gasteiger partial charge in [-0.3, -0.25) is 0 Å². The summed E-state index contributed by atoms with van der Waals surface area (Å²) in [5, 5.41) is 16.3. The van der Waals surface area contributed by atoms with E-state index in [-0.39, 0.29) is 17.1 Å². The second kappa shape index (κ2) is 6.29. The van der Waals surface area contributed by atoms with E-state index < -0.39 is 10.0 Å². The summed E-state index contributed by atoms with van der Waals surface area (Å²) in [7, 11) is -3.57. The summed E-state index contributed by atoms with van der Waals surface area (Å²) in [4.78, 5) is 5.55. The normalized spacial score (nSPS) is 16.3. The quantitative estimate of drug-likeness (QED) is 0.591. The summed E-state index contributed by atoms with van der Waals surface area (Å²) in [6.45, 7) is 5.06. The molecule has 1 aliphatic heterocycles. The fraction of sp³-hybridized carbons (Fsp3) is 0.500. The van der Waals surface area contributed by atoms with Crippen molar-refractivity contribution >= 4 is 10.0 Å². The van der Waals surface area contributed by atoms with E-state index in [4.69, 9.17) is 0 Å². The van der Waals surface area contributed by atoms with Crippen molar-refractivity contribution in [1.82, 2.24) is 43.8 Å². The van der Waals surface area contributed by atoms with Gasteiger partial charge < -0.3 is 4.57 Å². The predicted molar refractivity (Wildman–Crippen MR) is 89.6 cm³/mol. The number of aromatic nitrogens is 8. The van der Waals surface area contributed by atoms with Gasteiger partial charge in [0, 0.05) is 25.3 Å². The zero-order chi connectivity index (χ0) is 18.3. The van der Waals surface area contributed by atoms with Crippen LogP contribution in [-0.2, 0) is 16.6 Å². The van der Waals surface area contributed by atoms with Crippen LogP contribution in [0.4, 0.5) is 0 Å². The second-order valence-corrected chi connectivity index (χ2v) is 8.36. The van der Waals surface area contributed by atoms with Crippen molar-refractivity contribution in [2.45, 2.75) is 37.5 Å². The average Bonchev–Trinajstić information content (AvgIpc) is 3.26. The Kier molecular flexibility index (Phi) is 4.07. The van der Waals surface area contributed by atoms with Gasteiger partial charge >= 0.3 is 0 Å². The van der Waals surface area contributed by atoms with E-state index in [1.165, 1.54) is 9.10 Å². The van der Waals surface area contributed by atoms with Crippen LogP contribution in [0, 0.1) is 0 Å². The fourth-order valence-corrected chi connectivity index (χ4v) is 4.12. The number of rotatable bonds is 6. The first-order valence-electron chi connectivity index (χ1n) is 8.22. The summed E-state index contributed by atoms with van der Waals surface area (Å²) in [6, 6.07) is 0.122. The molecule has 4 rings (SSSR count).